The van der Waals surface area contributed by atoms with Crippen LogP contribution in [0.2, 0.25) is 0 Å². The van der Waals surface area contributed by atoms with E-state index in [-0.39, 0.29) is 17.5 Å². The van der Waals surface area contributed by atoms with E-state index in [9.17, 15) is 19.1 Å². The number of carboxylic acid groups (broad SMARTS) is 1. The highest BCUT2D eigenvalue weighted by molar-refractivity contribution is 6.00. The maximum Gasteiger partial charge on any atom is 0.307 e. The molecule has 3 nitrogen and oxygen atoms in total. The van der Waals surface area contributed by atoms with Crippen molar-refractivity contribution >= 4 is 11.8 Å². The average molecular weight is 264 g/mol. The number of Topliss-reactive ketones (excluding diaryl/α,β-unsaturated/α-hetero) is 1. The summed E-state index contributed by atoms with van der Waals surface area (Å²) in [7, 11) is 0. The van der Waals surface area contributed by atoms with E-state index in [4.69, 9.17) is 0 Å². The number of hydrogen-bond acceptors (Lipinski definition) is 2. The van der Waals surface area contributed by atoms with E-state index in [2.05, 4.69) is 0 Å². The smallest absolute Gasteiger partial charge is 0.307 e. The van der Waals surface area contributed by atoms with Gasteiger partial charge in [0.1, 0.15) is 5.82 Å². The molecule has 1 aliphatic rings. The van der Waals surface area contributed by atoms with Gasteiger partial charge in [-0.15, -0.1) is 0 Å². The minimum Gasteiger partial charge on any atom is -0.481 e. The Balaban J connectivity index is 2.27. The number of aliphatic carboxylic acids is 1. The first-order valence-corrected chi connectivity index (χ1v) is 6.43. The van der Waals surface area contributed by atoms with Gasteiger partial charge in [-0.3, -0.25) is 9.59 Å². The second-order valence-corrected chi connectivity index (χ2v) is 5.46. The summed E-state index contributed by atoms with van der Waals surface area (Å²) < 4.78 is 13.2. The van der Waals surface area contributed by atoms with Crippen LogP contribution in [-0.4, -0.2) is 16.9 Å². The lowest BCUT2D eigenvalue weighted by molar-refractivity contribution is -0.142. The van der Waals surface area contributed by atoms with Crippen molar-refractivity contribution in [2.75, 3.05) is 0 Å². The summed E-state index contributed by atoms with van der Waals surface area (Å²) in [5, 5.41) is 9.18. The summed E-state index contributed by atoms with van der Waals surface area (Å²) in [6, 6.07) is 4.20. The van der Waals surface area contributed by atoms with Crippen LogP contribution in [0.25, 0.3) is 0 Å². The number of halogens is 1. The first-order chi connectivity index (χ1) is 8.90. The van der Waals surface area contributed by atoms with Gasteiger partial charge in [-0.05, 0) is 49.4 Å². The number of benzene rings is 1. The highest BCUT2D eigenvalue weighted by Crippen LogP contribution is 2.38. The highest BCUT2D eigenvalue weighted by atomic mass is 19.1. The molecule has 3 atom stereocenters. The number of carboxylic acids is 1. The largest absolute Gasteiger partial charge is 0.481 e. The van der Waals surface area contributed by atoms with Crippen LogP contribution >= 0.6 is 0 Å². The zero-order valence-electron chi connectivity index (χ0n) is 11.0. The molecule has 0 saturated heterocycles. The van der Waals surface area contributed by atoms with Crippen molar-refractivity contribution in [2.45, 2.75) is 26.7 Å². The Bertz CT molecular complexity index is 524. The second kappa shape index (κ2) is 5.11. The minimum absolute atomic E-state index is 0.181. The Hall–Kier alpha value is -1.71. The van der Waals surface area contributed by atoms with Crippen molar-refractivity contribution in [3.8, 4) is 0 Å². The van der Waals surface area contributed by atoms with Crippen molar-refractivity contribution in [2.24, 2.45) is 17.8 Å². The SMILES string of the molecule is Cc1cc(C(=O)C2CC(C)CC2C(=O)O)ccc1F. The van der Waals surface area contributed by atoms with Crippen molar-refractivity contribution in [1.82, 2.24) is 0 Å². The van der Waals surface area contributed by atoms with E-state index in [0.717, 1.165) is 0 Å². The molecular weight excluding hydrogens is 247 g/mol. The van der Waals surface area contributed by atoms with Crippen molar-refractivity contribution in [3.63, 3.8) is 0 Å². The summed E-state index contributed by atoms with van der Waals surface area (Å²) in [4.78, 5) is 23.6. The molecule has 3 unspecified atom stereocenters. The van der Waals surface area contributed by atoms with Crippen LogP contribution in [0.4, 0.5) is 4.39 Å². The van der Waals surface area contributed by atoms with E-state index >= 15 is 0 Å². The predicted octanol–water partition coefficient (Wildman–Crippen LogP) is 3.06. The molecule has 0 bridgehead atoms. The fourth-order valence-corrected chi connectivity index (χ4v) is 2.87. The van der Waals surface area contributed by atoms with Gasteiger partial charge in [0.2, 0.25) is 0 Å². The minimum atomic E-state index is -0.915. The molecule has 0 heterocycles. The third kappa shape index (κ3) is 2.67. The molecule has 0 aliphatic heterocycles. The van der Waals surface area contributed by atoms with E-state index in [1.165, 1.54) is 18.2 Å². The summed E-state index contributed by atoms with van der Waals surface area (Å²) in [6.45, 7) is 3.55. The lowest BCUT2D eigenvalue weighted by Gasteiger charge is -2.14. The number of aryl methyl sites for hydroxylation is 1. The Morgan fingerprint density at radius 3 is 2.47 bits per heavy atom. The van der Waals surface area contributed by atoms with Gasteiger partial charge < -0.3 is 5.11 Å². The van der Waals surface area contributed by atoms with Gasteiger partial charge >= 0.3 is 5.97 Å². The fraction of sp³-hybridized carbons (Fsp3) is 0.467. The standard InChI is InChI=1S/C15H17FO3/c1-8-5-11(12(6-8)15(18)19)14(17)10-3-4-13(16)9(2)7-10/h3-4,7-8,11-12H,5-6H2,1-2H3,(H,18,19). The number of ketones is 1. The van der Waals surface area contributed by atoms with Crippen LogP contribution in [0.15, 0.2) is 18.2 Å². The number of rotatable bonds is 3. The van der Waals surface area contributed by atoms with Crippen LogP contribution in [0.1, 0.15) is 35.7 Å². The molecule has 0 spiro atoms. The molecular formula is C15H17FO3. The van der Waals surface area contributed by atoms with Gasteiger partial charge in [0.25, 0.3) is 0 Å². The normalized spacial score (nSPS) is 26.4. The summed E-state index contributed by atoms with van der Waals surface area (Å²) in [5.41, 5.74) is 0.813. The third-order valence-electron chi connectivity index (χ3n) is 3.89. The maximum absolute atomic E-state index is 13.2. The lowest BCUT2D eigenvalue weighted by atomic mass is 9.88. The number of carbonyl (C=O) groups is 2. The van der Waals surface area contributed by atoms with E-state index in [1.807, 2.05) is 6.92 Å². The molecule has 1 N–H and O–H groups in total. The van der Waals surface area contributed by atoms with Gasteiger partial charge in [0, 0.05) is 11.5 Å². The first-order valence-electron chi connectivity index (χ1n) is 6.43. The second-order valence-electron chi connectivity index (χ2n) is 5.46. The van der Waals surface area contributed by atoms with E-state index in [0.29, 0.717) is 24.0 Å². The fourth-order valence-electron chi connectivity index (χ4n) is 2.87. The molecule has 1 saturated carbocycles. The Kier molecular flexibility index (Phi) is 3.69. The van der Waals surface area contributed by atoms with E-state index < -0.39 is 17.8 Å². The number of hydrogen-bond donors (Lipinski definition) is 1. The molecule has 102 valence electrons. The Morgan fingerprint density at radius 1 is 1.26 bits per heavy atom. The monoisotopic (exact) mass is 264 g/mol. The Labute approximate surface area is 111 Å². The molecule has 1 aromatic rings. The molecule has 19 heavy (non-hydrogen) atoms. The molecule has 1 fully saturated rings. The van der Waals surface area contributed by atoms with Crippen LogP contribution in [0, 0.1) is 30.5 Å². The average Bonchev–Trinajstić information content (AvgIpc) is 2.74. The van der Waals surface area contributed by atoms with E-state index in [1.54, 1.807) is 6.92 Å². The van der Waals surface area contributed by atoms with Crippen molar-refractivity contribution in [3.05, 3.63) is 35.1 Å². The highest BCUT2D eigenvalue weighted by Gasteiger charge is 2.41. The summed E-state index contributed by atoms with van der Waals surface area (Å²) >= 11 is 0. The van der Waals surface area contributed by atoms with Crippen LogP contribution in [0.5, 0.6) is 0 Å². The number of carbonyl (C=O) groups excluding carboxylic acids is 1. The van der Waals surface area contributed by atoms with Crippen molar-refractivity contribution < 1.29 is 19.1 Å². The molecule has 2 rings (SSSR count). The van der Waals surface area contributed by atoms with Gasteiger partial charge in [0.05, 0.1) is 5.92 Å². The molecule has 0 amide bonds. The predicted molar refractivity (Wildman–Crippen MR) is 68.5 cm³/mol. The molecule has 0 aromatic heterocycles. The molecule has 1 aliphatic carbocycles. The summed E-state index contributed by atoms with van der Waals surface area (Å²) in [6.07, 6.45) is 1.12. The van der Waals surface area contributed by atoms with Gasteiger partial charge in [0.15, 0.2) is 5.78 Å². The molecule has 0 radical (unpaired) electrons. The lowest BCUT2D eigenvalue weighted by Crippen LogP contribution is -2.25. The first kappa shape index (κ1) is 13.7. The zero-order chi connectivity index (χ0) is 14.2. The van der Waals surface area contributed by atoms with Crippen LogP contribution < -0.4 is 0 Å². The van der Waals surface area contributed by atoms with Gasteiger partial charge in [-0.1, -0.05) is 6.92 Å². The maximum atomic E-state index is 13.2. The molecule has 4 heteroatoms. The molecule has 1 aromatic carbocycles. The topological polar surface area (TPSA) is 54.4 Å². The summed E-state index contributed by atoms with van der Waals surface area (Å²) in [5.74, 6) is -2.32. The quantitative estimate of drug-likeness (QED) is 0.854. The Morgan fingerprint density at radius 2 is 1.89 bits per heavy atom. The van der Waals surface area contributed by atoms with Gasteiger partial charge in [-0.25, -0.2) is 4.39 Å². The third-order valence-corrected chi connectivity index (χ3v) is 3.89. The van der Waals surface area contributed by atoms with Crippen LogP contribution in [-0.2, 0) is 4.79 Å². The van der Waals surface area contributed by atoms with Gasteiger partial charge in [-0.2, -0.15) is 0 Å². The van der Waals surface area contributed by atoms with Crippen LogP contribution in [0.3, 0.4) is 0 Å². The van der Waals surface area contributed by atoms with Crippen molar-refractivity contribution in [1.29, 1.82) is 0 Å². The zero-order valence-corrected chi connectivity index (χ0v) is 11.0.